The monoisotopic (exact) mass is 264 g/mol. The summed E-state index contributed by atoms with van der Waals surface area (Å²) in [6.45, 7) is 3.62. The number of ether oxygens (including phenoxy) is 1. The van der Waals surface area contributed by atoms with E-state index in [9.17, 15) is 9.18 Å². The fourth-order valence-corrected chi connectivity index (χ4v) is 2.71. The van der Waals surface area contributed by atoms with Crippen LogP contribution in [0, 0.1) is 11.7 Å². The van der Waals surface area contributed by atoms with Crippen LogP contribution in [0.25, 0.3) is 0 Å². The summed E-state index contributed by atoms with van der Waals surface area (Å²) in [5, 5.41) is 0. The fourth-order valence-electron chi connectivity index (χ4n) is 2.71. The molecule has 0 spiro atoms. The lowest BCUT2D eigenvalue weighted by Gasteiger charge is -2.29. The summed E-state index contributed by atoms with van der Waals surface area (Å²) in [4.78, 5) is 11.2. The van der Waals surface area contributed by atoms with E-state index in [1.807, 2.05) is 0 Å². The molecule has 0 aliphatic heterocycles. The van der Waals surface area contributed by atoms with Crippen molar-refractivity contribution in [1.29, 1.82) is 0 Å². The molecule has 2 nitrogen and oxygen atoms in total. The van der Waals surface area contributed by atoms with Gasteiger partial charge in [0.15, 0.2) is 17.3 Å². The third-order valence-corrected chi connectivity index (χ3v) is 3.94. The van der Waals surface area contributed by atoms with Gasteiger partial charge in [0.2, 0.25) is 0 Å². The second-order valence-corrected chi connectivity index (χ2v) is 5.38. The van der Waals surface area contributed by atoms with Gasteiger partial charge < -0.3 is 4.74 Å². The number of halogens is 1. The first-order chi connectivity index (χ1) is 9.10. The molecule has 0 bridgehead atoms. The number of Topliss-reactive ketones (excluding diaryl/α,β-unsaturated/α-hetero) is 1. The zero-order valence-corrected chi connectivity index (χ0v) is 11.6. The maximum absolute atomic E-state index is 13.9. The van der Waals surface area contributed by atoms with Crippen LogP contribution < -0.4 is 4.74 Å². The Morgan fingerprint density at radius 2 is 2.21 bits per heavy atom. The second-order valence-electron chi connectivity index (χ2n) is 5.38. The highest BCUT2D eigenvalue weighted by Gasteiger charge is 2.23. The largest absolute Gasteiger partial charge is 0.487 e. The molecule has 0 heterocycles. The summed E-state index contributed by atoms with van der Waals surface area (Å²) in [6.07, 6.45) is 5.66. The Balaban J connectivity index is 2.04. The molecule has 0 aromatic heterocycles. The summed E-state index contributed by atoms with van der Waals surface area (Å²) in [5.41, 5.74) is 0.389. The molecule has 1 aliphatic carbocycles. The van der Waals surface area contributed by atoms with E-state index in [-0.39, 0.29) is 17.6 Å². The Kier molecular flexibility index (Phi) is 4.56. The van der Waals surface area contributed by atoms with Gasteiger partial charge in [-0.05, 0) is 50.3 Å². The molecular formula is C16H21FO2. The van der Waals surface area contributed by atoms with E-state index < -0.39 is 5.82 Å². The van der Waals surface area contributed by atoms with Crippen molar-refractivity contribution in [2.24, 2.45) is 5.92 Å². The van der Waals surface area contributed by atoms with Crippen LogP contribution in [0.5, 0.6) is 5.75 Å². The third kappa shape index (κ3) is 3.55. The second kappa shape index (κ2) is 6.18. The highest BCUT2D eigenvalue weighted by Crippen LogP contribution is 2.30. The highest BCUT2D eigenvalue weighted by atomic mass is 19.1. The average Bonchev–Trinajstić information content (AvgIpc) is 2.41. The van der Waals surface area contributed by atoms with E-state index in [0.29, 0.717) is 11.5 Å². The summed E-state index contributed by atoms with van der Waals surface area (Å²) < 4.78 is 19.6. The van der Waals surface area contributed by atoms with Crippen molar-refractivity contribution in [3.8, 4) is 5.75 Å². The van der Waals surface area contributed by atoms with Crippen LogP contribution in [0.4, 0.5) is 4.39 Å². The van der Waals surface area contributed by atoms with Crippen LogP contribution in [0.3, 0.4) is 0 Å². The van der Waals surface area contributed by atoms with Gasteiger partial charge in [-0.2, -0.15) is 0 Å². The Bertz CT molecular complexity index is 456. The summed E-state index contributed by atoms with van der Waals surface area (Å²) in [5.74, 6) is 0.394. The zero-order valence-electron chi connectivity index (χ0n) is 11.6. The van der Waals surface area contributed by atoms with E-state index in [1.165, 1.54) is 19.4 Å². The first kappa shape index (κ1) is 14.0. The SMILES string of the molecule is CCC1CCCC(Oc2ccc(C(C)=O)cc2F)C1. The number of hydrogen-bond acceptors (Lipinski definition) is 2. The van der Waals surface area contributed by atoms with E-state index >= 15 is 0 Å². The Morgan fingerprint density at radius 3 is 2.84 bits per heavy atom. The Morgan fingerprint density at radius 1 is 1.42 bits per heavy atom. The molecule has 2 rings (SSSR count). The van der Waals surface area contributed by atoms with Crippen molar-refractivity contribution in [2.45, 2.75) is 52.1 Å². The minimum Gasteiger partial charge on any atom is -0.487 e. The van der Waals surface area contributed by atoms with Crippen molar-refractivity contribution >= 4 is 5.78 Å². The molecule has 1 aromatic carbocycles. The number of carbonyl (C=O) groups is 1. The van der Waals surface area contributed by atoms with Crippen molar-refractivity contribution in [3.63, 3.8) is 0 Å². The standard InChI is InChI=1S/C16H21FO2/c1-3-12-5-4-6-14(9-12)19-16-8-7-13(11(2)18)10-15(16)17/h7-8,10,12,14H,3-6,9H2,1-2H3. The molecule has 19 heavy (non-hydrogen) atoms. The Hall–Kier alpha value is -1.38. The van der Waals surface area contributed by atoms with Gasteiger partial charge in [-0.25, -0.2) is 4.39 Å². The van der Waals surface area contributed by atoms with E-state index in [1.54, 1.807) is 12.1 Å². The average molecular weight is 264 g/mol. The van der Waals surface area contributed by atoms with Gasteiger partial charge in [0, 0.05) is 5.56 Å². The number of carbonyl (C=O) groups excluding carboxylic acids is 1. The van der Waals surface area contributed by atoms with Gasteiger partial charge in [-0.1, -0.05) is 19.8 Å². The lowest BCUT2D eigenvalue weighted by Crippen LogP contribution is -2.25. The predicted octanol–water partition coefficient (Wildman–Crippen LogP) is 4.38. The van der Waals surface area contributed by atoms with Gasteiger partial charge in [-0.3, -0.25) is 4.79 Å². The molecule has 2 unspecified atom stereocenters. The maximum atomic E-state index is 13.9. The first-order valence-corrected chi connectivity index (χ1v) is 7.07. The summed E-state index contributed by atoms with van der Waals surface area (Å²) in [6, 6.07) is 4.46. The van der Waals surface area contributed by atoms with Gasteiger partial charge in [0.25, 0.3) is 0 Å². The molecule has 1 aliphatic rings. The summed E-state index contributed by atoms with van der Waals surface area (Å²) in [7, 11) is 0. The highest BCUT2D eigenvalue weighted by molar-refractivity contribution is 5.94. The first-order valence-electron chi connectivity index (χ1n) is 7.07. The zero-order chi connectivity index (χ0) is 13.8. The smallest absolute Gasteiger partial charge is 0.165 e. The van der Waals surface area contributed by atoms with E-state index in [2.05, 4.69) is 6.92 Å². The van der Waals surface area contributed by atoms with Gasteiger partial charge >= 0.3 is 0 Å². The van der Waals surface area contributed by atoms with Gasteiger partial charge in [-0.15, -0.1) is 0 Å². The molecule has 0 radical (unpaired) electrons. The molecule has 1 aromatic rings. The van der Waals surface area contributed by atoms with Gasteiger partial charge in [0.05, 0.1) is 6.10 Å². The third-order valence-electron chi connectivity index (χ3n) is 3.94. The number of benzene rings is 1. The minimum absolute atomic E-state index is 0.108. The molecule has 104 valence electrons. The fraction of sp³-hybridized carbons (Fsp3) is 0.562. The van der Waals surface area contributed by atoms with E-state index in [4.69, 9.17) is 4.74 Å². The van der Waals surface area contributed by atoms with Crippen molar-refractivity contribution in [3.05, 3.63) is 29.6 Å². The molecular weight excluding hydrogens is 243 g/mol. The number of ketones is 1. The molecule has 0 saturated heterocycles. The topological polar surface area (TPSA) is 26.3 Å². The van der Waals surface area contributed by atoms with Crippen molar-refractivity contribution < 1.29 is 13.9 Å². The van der Waals surface area contributed by atoms with Crippen LogP contribution in [0.2, 0.25) is 0 Å². The van der Waals surface area contributed by atoms with Crippen LogP contribution in [-0.2, 0) is 0 Å². The molecule has 1 fully saturated rings. The van der Waals surface area contributed by atoms with Crippen LogP contribution >= 0.6 is 0 Å². The molecule has 0 amide bonds. The normalized spacial score (nSPS) is 23.1. The molecule has 1 saturated carbocycles. The van der Waals surface area contributed by atoms with Crippen molar-refractivity contribution in [1.82, 2.24) is 0 Å². The van der Waals surface area contributed by atoms with Crippen molar-refractivity contribution in [2.75, 3.05) is 0 Å². The lowest BCUT2D eigenvalue weighted by atomic mass is 9.85. The maximum Gasteiger partial charge on any atom is 0.165 e. The van der Waals surface area contributed by atoms with Crippen LogP contribution in [0.1, 0.15) is 56.3 Å². The summed E-state index contributed by atoms with van der Waals surface area (Å²) >= 11 is 0. The minimum atomic E-state index is -0.439. The van der Waals surface area contributed by atoms with E-state index in [0.717, 1.165) is 25.7 Å². The molecule has 2 atom stereocenters. The predicted molar refractivity (Wildman–Crippen MR) is 73.1 cm³/mol. The van der Waals surface area contributed by atoms with Gasteiger partial charge in [0.1, 0.15) is 0 Å². The lowest BCUT2D eigenvalue weighted by molar-refractivity contribution is 0.101. The quantitative estimate of drug-likeness (QED) is 0.754. The van der Waals surface area contributed by atoms with Crippen LogP contribution in [0.15, 0.2) is 18.2 Å². The molecule has 3 heteroatoms. The van der Waals surface area contributed by atoms with Crippen LogP contribution in [-0.4, -0.2) is 11.9 Å². The number of hydrogen-bond donors (Lipinski definition) is 0. The number of rotatable bonds is 4. The Labute approximate surface area is 114 Å². The molecule has 0 N–H and O–H groups in total.